The number of hydrogen-bond acceptors (Lipinski definition) is 9. The summed E-state index contributed by atoms with van der Waals surface area (Å²) >= 11 is 0. The van der Waals surface area contributed by atoms with Crippen molar-refractivity contribution >= 4 is 27.5 Å². The fraction of sp³-hybridized carbons (Fsp3) is 0.433. The molecule has 3 fully saturated rings. The van der Waals surface area contributed by atoms with Crippen LogP contribution in [0, 0.1) is 5.82 Å². The number of benzene rings is 2. The van der Waals surface area contributed by atoms with E-state index in [1.54, 1.807) is 18.3 Å². The summed E-state index contributed by atoms with van der Waals surface area (Å²) in [4.78, 5) is 18.5. The van der Waals surface area contributed by atoms with Crippen LogP contribution in [0.5, 0.6) is 11.8 Å². The van der Waals surface area contributed by atoms with Crippen LogP contribution in [0.25, 0.3) is 32.9 Å². The Kier molecular flexibility index (Phi) is 6.82. The van der Waals surface area contributed by atoms with Crippen LogP contribution in [0.2, 0.25) is 0 Å². The minimum Gasteiger partial charge on any atom is -0.508 e. The molecule has 2 bridgehead atoms. The van der Waals surface area contributed by atoms with Crippen LogP contribution >= 0.6 is 0 Å². The van der Waals surface area contributed by atoms with Gasteiger partial charge in [-0.1, -0.05) is 24.3 Å². The number of morpholine rings is 1. The number of piperazine rings is 1. The maximum Gasteiger partial charge on any atom is 0.319 e. The van der Waals surface area contributed by atoms with Crippen molar-refractivity contribution in [1.82, 2.24) is 25.2 Å². The van der Waals surface area contributed by atoms with Gasteiger partial charge in [0.1, 0.15) is 22.8 Å². The number of anilines is 1. The van der Waals surface area contributed by atoms with Crippen molar-refractivity contribution in [2.45, 2.75) is 31.3 Å². The fourth-order valence-corrected chi connectivity index (χ4v) is 6.25. The Morgan fingerprint density at radius 1 is 1.05 bits per heavy atom. The number of phenols is 1. The van der Waals surface area contributed by atoms with Gasteiger partial charge in [-0.15, -0.1) is 0 Å². The number of phenolic OH excluding ortho intramolecular Hbond substituents is 1. The maximum atomic E-state index is 16.4. The van der Waals surface area contributed by atoms with Gasteiger partial charge in [-0.2, -0.15) is 9.97 Å². The Morgan fingerprint density at radius 2 is 1.85 bits per heavy atom. The van der Waals surface area contributed by atoms with Crippen LogP contribution in [-0.4, -0.2) is 89.6 Å². The molecule has 7 rings (SSSR count). The first-order valence-corrected chi connectivity index (χ1v) is 14.1. The first kappa shape index (κ1) is 25.4. The molecule has 2 N–H and O–H groups in total. The second kappa shape index (κ2) is 10.8. The summed E-state index contributed by atoms with van der Waals surface area (Å²) in [7, 11) is 0. The molecule has 208 valence electrons. The molecule has 3 aliphatic rings. The molecule has 0 aliphatic carbocycles. The highest BCUT2D eigenvalue weighted by molar-refractivity contribution is 5.99. The Morgan fingerprint density at radius 3 is 2.67 bits per heavy atom. The predicted molar refractivity (Wildman–Crippen MR) is 151 cm³/mol. The van der Waals surface area contributed by atoms with Crippen LogP contribution in [-0.2, 0) is 4.74 Å². The summed E-state index contributed by atoms with van der Waals surface area (Å²) < 4.78 is 27.9. The molecule has 10 heteroatoms. The lowest BCUT2D eigenvalue weighted by Gasteiger charge is -2.34. The number of nitrogens with one attached hydrogen (secondary N) is 1. The number of rotatable bonds is 7. The van der Waals surface area contributed by atoms with Gasteiger partial charge in [0, 0.05) is 56.6 Å². The quantitative estimate of drug-likeness (QED) is 0.338. The summed E-state index contributed by atoms with van der Waals surface area (Å²) in [6.07, 6.45) is 4.72. The zero-order chi connectivity index (χ0) is 27.1. The molecule has 9 nitrogen and oxygen atoms in total. The van der Waals surface area contributed by atoms with Gasteiger partial charge in [0.05, 0.1) is 25.2 Å². The smallest absolute Gasteiger partial charge is 0.319 e. The summed E-state index contributed by atoms with van der Waals surface area (Å²) in [6, 6.07) is 11.7. The number of pyridine rings is 1. The second-order valence-electron chi connectivity index (χ2n) is 10.9. The van der Waals surface area contributed by atoms with E-state index in [0.29, 0.717) is 35.5 Å². The zero-order valence-corrected chi connectivity index (χ0v) is 22.4. The van der Waals surface area contributed by atoms with E-state index in [0.717, 1.165) is 76.0 Å². The number of aromatic hydroxyl groups is 1. The SMILES string of the molecule is Oc1cc(-c2ncc3c(N4CC5CCC(C4)N5)nc(OCCCN4CCOCC4)nc3c2F)c2ccccc2c1. The lowest BCUT2D eigenvalue weighted by molar-refractivity contribution is 0.0356. The van der Waals surface area contributed by atoms with Crippen molar-refractivity contribution in [1.29, 1.82) is 0 Å². The van der Waals surface area contributed by atoms with Crippen molar-refractivity contribution < 1.29 is 19.0 Å². The van der Waals surface area contributed by atoms with Crippen LogP contribution in [0.4, 0.5) is 10.2 Å². The van der Waals surface area contributed by atoms with Gasteiger partial charge in [-0.05, 0) is 42.2 Å². The summed E-state index contributed by atoms with van der Waals surface area (Å²) in [5.41, 5.74) is 0.836. The third-order valence-corrected chi connectivity index (χ3v) is 8.21. The lowest BCUT2D eigenvalue weighted by Crippen LogP contribution is -2.51. The van der Waals surface area contributed by atoms with Crippen molar-refractivity contribution in [3.8, 4) is 23.0 Å². The summed E-state index contributed by atoms with van der Waals surface area (Å²) in [5, 5.41) is 16.2. The van der Waals surface area contributed by atoms with E-state index in [9.17, 15) is 5.11 Å². The molecular weight excluding hydrogens is 511 g/mol. The molecule has 40 heavy (non-hydrogen) atoms. The fourth-order valence-electron chi connectivity index (χ4n) is 6.25. The highest BCUT2D eigenvalue weighted by Crippen LogP contribution is 2.37. The van der Waals surface area contributed by atoms with Gasteiger partial charge < -0.3 is 24.8 Å². The molecule has 0 saturated carbocycles. The molecule has 2 unspecified atom stereocenters. The zero-order valence-electron chi connectivity index (χ0n) is 22.4. The number of ether oxygens (including phenoxy) is 2. The molecule has 0 radical (unpaired) electrons. The van der Waals surface area contributed by atoms with Crippen LogP contribution < -0.4 is 15.0 Å². The Bertz CT molecular complexity index is 1530. The Labute approximate surface area is 231 Å². The molecule has 3 aliphatic heterocycles. The van der Waals surface area contributed by atoms with Gasteiger partial charge >= 0.3 is 6.01 Å². The monoisotopic (exact) mass is 544 g/mol. The normalized spacial score (nSPS) is 21.4. The van der Waals surface area contributed by atoms with Crippen LogP contribution in [0.3, 0.4) is 0 Å². The number of hydrogen-bond donors (Lipinski definition) is 2. The summed E-state index contributed by atoms with van der Waals surface area (Å²) in [6.45, 7) is 6.28. The third-order valence-electron chi connectivity index (χ3n) is 8.21. The first-order valence-electron chi connectivity index (χ1n) is 14.1. The largest absolute Gasteiger partial charge is 0.508 e. The van der Waals surface area contributed by atoms with Crippen LogP contribution in [0.15, 0.2) is 42.6 Å². The van der Waals surface area contributed by atoms with Crippen molar-refractivity contribution in [2.24, 2.45) is 0 Å². The highest BCUT2D eigenvalue weighted by atomic mass is 19.1. The molecule has 4 aromatic rings. The van der Waals surface area contributed by atoms with Gasteiger partial charge in [0.25, 0.3) is 0 Å². The van der Waals surface area contributed by atoms with E-state index in [1.807, 2.05) is 24.3 Å². The van der Waals surface area contributed by atoms with Gasteiger partial charge in [0.15, 0.2) is 5.82 Å². The van der Waals surface area contributed by atoms with E-state index < -0.39 is 5.82 Å². The third kappa shape index (κ3) is 4.91. The Hall–Kier alpha value is -3.60. The first-order chi connectivity index (χ1) is 19.6. The molecule has 0 spiro atoms. The van der Waals surface area contributed by atoms with E-state index >= 15 is 4.39 Å². The van der Waals surface area contributed by atoms with Crippen molar-refractivity contribution in [3.63, 3.8) is 0 Å². The van der Waals surface area contributed by atoms with Gasteiger partial charge in [-0.3, -0.25) is 9.88 Å². The number of fused-ring (bicyclic) bond motifs is 4. The minimum atomic E-state index is -0.548. The number of nitrogens with zero attached hydrogens (tertiary/aromatic N) is 5. The van der Waals surface area contributed by atoms with Crippen molar-refractivity contribution in [2.75, 3.05) is 57.4 Å². The van der Waals surface area contributed by atoms with E-state index in [1.165, 1.54) is 0 Å². The van der Waals surface area contributed by atoms with E-state index in [-0.39, 0.29) is 23.0 Å². The molecule has 3 saturated heterocycles. The van der Waals surface area contributed by atoms with Gasteiger partial charge in [-0.25, -0.2) is 4.39 Å². The van der Waals surface area contributed by atoms with Crippen molar-refractivity contribution in [3.05, 3.63) is 48.4 Å². The van der Waals surface area contributed by atoms with Gasteiger partial charge in [0.2, 0.25) is 0 Å². The standard InChI is InChI=1S/C30H33FN6O3/c31-26-27(24-15-22(38)14-19-4-1-2-5-23(19)24)32-16-25-28(26)34-30(40-11-3-8-36-9-12-39-13-10-36)35-29(25)37-17-20-6-7-21(18-37)33-20/h1-2,4-5,14-16,20-21,33,38H,3,6-13,17-18H2. The summed E-state index contributed by atoms with van der Waals surface area (Å²) in [5.74, 6) is 0.164. The van der Waals surface area contributed by atoms with E-state index in [2.05, 4.69) is 25.1 Å². The molecule has 2 aromatic carbocycles. The highest BCUT2D eigenvalue weighted by Gasteiger charge is 2.34. The molecule has 2 aromatic heterocycles. The molecule has 2 atom stereocenters. The average Bonchev–Trinajstić information content (AvgIpc) is 3.32. The molecular formula is C30H33FN6O3. The number of aromatic nitrogens is 3. The predicted octanol–water partition coefficient (Wildman–Crippen LogP) is 3.73. The van der Waals surface area contributed by atoms with Crippen LogP contribution in [0.1, 0.15) is 19.3 Å². The number of halogens is 1. The second-order valence-corrected chi connectivity index (χ2v) is 10.9. The minimum absolute atomic E-state index is 0.0546. The van der Waals surface area contributed by atoms with E-state index in [4.69, 9.17) is 14.5 Å². The lowest BCUT2D eigenvalue weighted by atomic mass is 10.0. The average molecular weight is 545 g/mol. The molecule has 5 heterocycles. The maximum absolute atomic E-state index is 16.4. The topological polar surface area (TPSA) is 95.9 Å². The Balaban J connectivity index is 1.26. The molecule has 0 amide bonds.